The summed E-state index contributed by atoms with van der Waals surface area (Å²) in [6, 6.07) is 5.69. The lowest BCUT2D eigenvalue weighted by atomic mass is 10.3. The van der Waals surface area contributed by atoms with Gasteiger partial charge in [0, 0.05) is 11.6 Å². The summed E-state index contributed by atoms with van der Waals surface area (Å²) >= 11 is 1.32. The first-order valence-electron chi connectivity index (χ1n) is 6.23. The summed E-state index contributed by atoms with van der Waals surface area (Å²) in [7, 11) is 0. The van der Waals surface area contributed by atoms with Gasteiger partial charge in [0.05, 0.1) is 5.69 Å². The van der Waals surface area contributed by atoms with Gasteiger partial charge in [-0.05, 0) is 24.3 Å². The maximum absolute atomic E-state index is 13.0. The Labute approximate surface area is 126 Å². The van der Waals surface area contributed by atoms with Crippen molar-refractivity contribution in [3.63, 3.8) is 0 Å². The summed E-state index contributed by atoms with van der Waals surface area (Å²) in [5, 5.41) is 10.1. The molecule has 9 heteroatoms. The summed E-state index contributed by atoms with van der Waals surface area (Å²) < 4.78 is 15.7. The van der Waals surface area contributed by atoms with E-state index in [1.165, 1.54) is 51.2 Å². The summed E-state index contributed by atoms with van der Waals surface area (Å²) in [6.45, 7) is 0. The molecule has 0 saturated carbocycles. The van der Waals surface area contributed by atoms with Crippen LogP contribution in [0.4, 0.5) is 4.39 Å². The first-order chi connectivity index (χ1) is 10.7. The van der Waals surface area contributed by atoms with Crippen molar-refractivity contribution in [2.24, 2.45) is 0 Å². The van der Waals surface area contributed by atoms with E-state index in [1.54, 1.807) is 11.6 Å². The monoisotopic (exact) mass is 314 g/mol. The standard InChI is InChI=1S/C13H7FN6OS/c14-8-1-3-9(4-2-8)20-11-10(17-18-20)12(21)19(7-16-11)13-15-5-6-22-13/h1-7H. The highest BCUT2D eigenvalue weighted by Gasteiger charge is 2.14. The van der Waals surface area contributed by atoms with Gasteiger partial charge in [0.1, 0.15) is 12.1 Å². The molecule has 0 amide bonds. The molecule has 0 aliphatic carbocycles. The van der Waals surface area contributed by atoms with Gasteiger partial charge >= 0.3 is 0 Å². The molecular formula is C13H7FN6OS. The van der Waals surface area contributed by atoms with Crippen LogP contribution >= 0.6 is 11.3 Å². The lowest BCUT2D eigenvalue weighted by Gasteiger charge is -2.02. The van der Waals surface area contributed by atoms with Crippen LogP contribution in [0.25, 0.3) is 22.0 Å². The Morgan fingerprint density at radius 1 is 1.14 bits per heavy atom. The van der Waals surface area contributed by atoms with Gasteiger partial charge in [-0.25, -0.2) is 18.9 Å². The molecule has 0 bridgehead atoms. The summed E-state index contributed by atoms with van der Waals surface area (Å²) in [5.74, 6) is -0.354. The van der Waals surface area contributed by atoms with E-state index >= 15 is 0 Å². The predicted octanol–water partition coefficient (Wildman–Crippen LogP) is 1.56. The minimum absolute atomic E-state index is 0.127. The van der Waals surface area contributed by atoms with Crippen LogP contribution in [0.1, 0.15) is 0 Å². The molecule has 0 radical (unpaired) electrons. The molecule has 0 N–H and O–H groups in total. The molecule has 22 heavy (non-hydrogen) atoms. The number of fused-ring (bicyclic) bond motifs is 1. The SMILES string of the molecule is O=c1c2nnn(-c3ccc(F)cc3)c2ncn1-c1nccs1. The lowest BCUT2D eigenvalue weighted by Crippen LogP contribution is -2.19. The first-order valence-corrected chi connectivity index (χ1v) is 7.11. The Balaban J connectivity index is 1.92. The second-order valence-electron chi connectivity index (χ2n) is 4.38. The van der Waals surface area contributed by atoms with Crippen LogP contribution in [0.15, 0.2) is 47.0 Å². The quantitative estimate of drug-likeness (QED) is 0.561. The van der Waals surface area contributed by atoms with E-state index in [0.29, 0.717) is 16.5 Å². The largest absolute Gasteiger partial charge is 0.289 e. The Kier molecular flexibility index (Phi) is 2.79. The van der Waals surface area contributed by atoms with Crippen LogP contribution in [0.3, 0.4) is 0 Å². The second-order valence-corrected chi connectivity index (χ2v) is 5.26. The maximum atomic E-state index is 13.0. The Hall–Kier alpha value is -2.94. The smallest absolute Gasteiger partial charge is 0.266 e. The molecule has 7 nitrogen and oxygen atoms in total. The molecular weight excluding hydrogens is 307 g/mol. The fourth-order valence-electron chi connectivity index (χ4n) is 2.04. The molecule has 0 spiro atoms. The predicted molar refractivity (Wildman–Crippen MR) is 77.9 cm³/mol. The molecule has 4 rings (SSSR count). The van der Waals surface area contributed by atoms with Crippen molar-refractivity contribution >= 4 is 22.5 Å². The van der Waals surface area contributed by atoms with Crippen molar-refractivity contribution in [2.75, 3.05) is 0 Å². The van der Waals surface area contributed by atoms with E-state index < -0.39 is 0 Å². The molecule has 0 fully saturated rings. The number of hydrogen-bond donors (Lipinski definition) is 0. The average Bonchev–Trinajstić information content (AvgIpc) is 3.18. The topological polar surface area (TPSA) is 78.5 Å². The second kappa shape index (κ2) is 4.81. The highest BCUT2D eigenvalue weighted by atomic mass is 32.1. The van der Waals surface area contributed by atoms with Gasteiger partial charge in [-0.1, -0.05) is 5.21 Å². The molecule has 0 unspecified atom stereocenters. The molecule has 0 atom stereocenters. The summed E-state index contributed by atoms with van der Waals surface area (Å²) in [4.78, 5) is 20.7. The normalized spacial score (nSPS) is 11.1. The maximum Gasteiger partial charge on any atom is 0.289 e. The third kappa shape index (κ3) is 1.91. The average molecular weight is 314 g/mol. The molecule has 0 aliphatic rings. The van der Waals surface area contributed by atoms with Crippen molar-refractivity contribution < 1.29 is 4.39 Å². The molecule has 3 aromatic heterocycles. The third-order valence-electron chi connectivity index (χ3n) is 3.06. The number of aromatic nitrogens is 6. The van der Waals surface area contributed by atoms with Gasteiger partial charge in [0.25, 0.3) is 5.56 Å². The molecule has 3 heterocycles. The third-order valence-corrected chi connectivity index (χ3v) is 3.83. The van der Waals surface area contributed by atoms with Crippen molar-refractivity contribution in [2.45, 2.75) is 0 Å². The van der Waals surface area contributed by atoms with E-state index in [4.69, 9.17) is 0 Å². The minimum atomic E-state index is -0.354. The van der Waals surface area contributed by atoms with Gasteiger partial charge in [-0.15, -0.1) is 16.4 Å². The molecule has 4 aromatic rings. The molecule has 0 saturated heterocycles. The van der Waals surface area contributed by atoms with Crippen LogP contribution < -0.4 is 5.56 Å². The van der Waals surface area contributed by atoms with Gasteiger partial charge in [0.2, 0.25) is 0 Å². The number of rotatable bonds is 2. The fourth-order valence-corrected chi connectivity index (χ4v) is 2.65. The van der Waals surface area contributed by atoms with Crippen LogP contribution in [-0.2, 0) is 0 Å². The van der Waals surface area contributed by atoms with Crippen molar-refractivity contribution in [3.8, 4) is 10.8 Å². The number of nitrogens with zero attached hydrogens (tertiary/aromatic N) is 6. The number of benzene rings is 1. The Morgan fingerprint density at radius 3 is 2.68 bits per heavy atom. The highest BCUT2D eigenvalue weighted by Crippen LogP contribution is 2.14. The summed E-state index contributed by atoms with van der Waals surface area (Å²) in [5.41, 5.74) is 0.655. The highest BCUT2D eigenvalue weighted by molar-refractivity contribution is 7.12. The number of halogens is 1. The van der Waals surface area contributed by atoms with Crippen molar-refractivity contribution in [3.05, 3.63) is 58.3 Å². The van der Waals surface area contributed by atoms with Gasteiger partial charge in [-0.3, -0.25) is 4.79 Å². The zero-order valence-corrected chi connectivity index (χ0v) is 11.7. The summed E-state index contributed by atoms with van der Waals surface area (Å²) in [6.07, 6.45) is 2.99. The Bertz CT molecular complexity index is 1010. The van der Waals surface area contributed by atoms with Gasteiger partial charge in [0.15, 0.2) is 16.3 Å². The van der Waals surface area contributed by atoms with Crippen LogP contribution in [-0.4, -0.2) is 29.5 Å². The first kappa shape index (κ1) is 12.8. The van der Waals surface area contributed by atoms with E-state index in [2.05, 4.69) is 20.3 Å². The minimum Gasteiger partial charge on any atom is -0.266 e. The molecule has 1 aromatic carbocycles. The molecule has 0 aliphatic heterocycles. The van der Waals surface area contributed by atoms with Crippen LogP contribution in [0, 0.1) is 5.82 Å². The van der Waals surface area contributed by atoms with E-state index in [0.717, 1.165) is 0 Å². The van der Waals surface area contributed by atoms with E-state index in [9.17, 15) is 9.18 Å². The lowest BCUT2D eigenvalue weighted by molar-refractivity contribution is 0.627. The zero-order chi connectivity index (χ0) is 15.1. The molecule has 108 valence electrons. The van der Waals surface area contributed by atoms with Crippen molar-refractivity contribution in [1.82, 2.24) is 29.5 Å². The van der Waals surface area contributed by atoms with Crippen molar-refractivity contribution in [1.29, 1.82) is 0 Å². The Morgan fingerprint density at radius 2 is 1.95 bits per heavy atom. The van der Waals surface area contributed by atoms with E-state index in [1.807, 2.05) is 0 Å². The van der Waals surface area contributed by atoms with Gasteiger partial charge < -0.3 is 0 Å². The fraction of sp³-hybridized carbons (Fsp3) is 0. The number of thiazole rings is 1. The zero-order valence-electron chi connectivity index (χ0n) is 10.9. The van der Waals surface area contributed by atoms with Gasteiger partial charge in [-0.2, -0.15) is 4.68 Å². The van der Waals surface area contributed by atoms with Crippen LogP contribution in [0.2, 0.25) is 0 Å². The van der Waals surface area contributed by atoms with Crippen LogP contribution in [0.5, 0.6) is 0 Å². The number of hydrogen-bond acceptors (Lipinski definition) is 6. The van der Waals surface area contributed by atoms with E-state index in [-0.39, 0.29) is 16.9 Å².